The molecule has 0 bridgehead atoms. The van der Waals surface area contributed by atoms with Gasteiger partial charge in [-0.3, -0.25) is 14.4 Å². The molecule has 3 N–H and O–H groups in total. The molecule has 0 unspecified atom stereocenters. The number of carbonyl (C=O) groups excluding carboxylic acids is 3. The molecule has 0 aliphatic carbocycles. The van der Waals surface area contributed by atoms with Gasteiger partial charge in [0.1, 0.15) is 5.58 Å². The third-order valence-electron chi connectivity index (χ3n) is 5.67. The van der Waals surface area contributed by atoms with Gasteiger partial charge in [0.05, 0.1) is 6.42 Å². The third kappa shape index (κ3) is 5.91. The zero-order chi connectivity index (χ0) is 25.6. The van der Waals surface area contributed by atoms with Crippen molar-refractivity contribution in [2.24, 2.45) is 0 Å². The van der Waals surface area contributed by atoms with Gasteiger partial charge in [-0.25, -0.2) is 0 Å². The molecule has 0 radical (unpaired) electrons. The molecule has 0 aliphatic rings. The second-order valence-electron chi connectivity index (χ2n) is 8.43. The van der Waals surface area contributed by atoms with Gasteiger partial charge in [-0.2, -0.15) is 0 Å². The zero-order valence-corrected chi connectivity index (χ0v) is 19.7. The number of benzene rings is 4. The van der Waals surface area contributed by atoms with E-state index >= 15 is 0 Å². The molecule has 0 atom stereocenters. The van der Waals surface area contributed by atoms with Crippen LogP contribution in [0.15, 0.2) is 114 Å². The molecule has 7 heteroatoms. The summed E-state index contributed by atoms with van der Waals surface area (Å²) in [7, 11) is 0. The van der Waals surface area contributed by atoms with Crippen molar-refractivity contribution in [1.29, 1.82) is 0 Å². The van der Waals surface area contributed by atoms with Crippen LogP contribution >= 0.6 is 0 Å². The van der Waals surface area contributed by atoms with E-state index in [0.717, 1.165) is 10.9 Å². The van der Waals surface area contributed by atoms with E-state index in [1.807, 2.05) is 30.3 Å². The van der Waals surface area contributed by atoms with Gasteiger partial charge in [-0.05, 0) is 60.2 Å². The lowest BCUT2D eigenvalue weighted by molar-refractivity contribution is -0.115. The van der Waals surface area contributed by atoms with Crippen LogP contribution < -0.4 is 16.0 Å². The van der Waals surface area contributed by atoms with Crippen molar-refractivity contribution in [2.45, 2.75) is 6.42 Å². The Bertz CT molecular complexity index is 1540. The van der Waals surface area contributed by atoms with Crippen LogP contribution in [-0.2, 0) is 11.2 Å². The zero-order valence-electron chi connectivity index (χ0n) is 19.7. The Kier molecular flexibility index (Phi) is 6.76. The molecule has 0 fully saturated rings. The summed E-state index contributed by atoms with van der Waals surface area (Å²) in [6.07, 6.45) is 0.151. The molecule has 3 amide bonds. The van der Waals surface area contributed by atoms with E-state index in [0.29, 0.717) is 28.2 Å². The fourth-order valence-electron chi connectivity index (χ4n) is 3.85. The lowest BCUT2D eigenvalue weighted by Gasteiger charge is -2.09. The van der Waals surface area contributed by atoms with E-state index in [1.54, 1.807) is 78.9 Å². The summed E-state index contributed by atoms with van der Waals surface area (Å²) < 4.78 is 5.60. The van der Waals surface area contributed by atoms with Gasteiger partial charge in [-0.15, -0.1) is 0 Å². The fourth-order valence-corrected chi connectivity index (χ4v) is 3.85. The van der Waals surface area contributed by atoms with E-state index in [1.165, 1.54) is 0 Å². The number of para-hydroxylation sites is 1. The third-order valence-corrected chi connectivity index (χ3v) is 5.67. The van der Waals surface area contributed by atoms with Crippen molar-refractivity contribution in [3.05, 3.63) is 126 Å². The van der Waals surface area contributed by atoms with Gasteiger partial charge in [0, 0.05) is 28.0 Å². The summed E-state index contributed by atoms with van der Waals surface area (Å²) in [4.78, 5) is 37.5. The molecular formula is C30H23N3O4. The van der Waals surface area contributed by atoms with Gasteiger partial charge in [0.2, 0.25) is 5.91 Å². The number of hydrogen-bond acceptors (Lipinski definition) is 4. The van der Waals surface area contributed by atoms with Crippen LogP contribution in [0, 0.1) is 0 Å². The van der Waals surface area contributed by atoms with Gasteiger partial charge < -0.3 is 20.4 Å². The van der Waals surface area contributed by atoms with Crippen LogP contribution in [0.25, 0.3) is 11.0 Å². The van der Waals surface area contributed by atoms with Crippen LogP contribution in [0.2, 0.25) is 0 Å². The Hall–Kier alpha value is -5.17. The smallest absolute Gasteiger partial charge is 0.291 e. The predicted octanol–water partition coefficient (Wildman–Crippen LogP) is 6.12. The van der Waals surface area contributed by atoms with Crippen LogP contribution in [0.5, 0.6) is 0 Å². The SMILES string of the molecule is O=C(Cc1ccc(NC(=O)c2cc3ccccc3o2)cc1)Nc1cccc(NC(=O)c2ccccc2)c1. The minimum absolute atomic E-state index is 0.151. The first-order chi connectivity index (χ1) is 18.0. The van der Waals surface area contributed by atoms with E-state index in [4.69, 9.17) is 4.42 Å². The standard InChI is InChI=1S/C30H23N3O4/c34-28(31-24-10-6-11-25(19-24)33-29(35)21-7-2-1-3-8-21)17-20-13-15-23(16-14-20)32-30(36)27-18-22-9-4-5-12-26(22)37-27/h1-16,18-19H,17H2,(H,31,34)(H,32,36)(H,33,35). The molecule has 7 nitrogen and oxygen atoms in total. The predicted molar refractivity (Wildman–Crippen MR) is 144 cm³/mol. The number of hydrogen-bond donors (Lipinski definition) is 3. The highest BCUT2D eigenvalue weighted by molar-refractivity contribution is 6.05. The topological polar surface area (TPSA) is 100 Å². The number of nitrogens with one attached hydrogen (secondary N) is 3. The number of furan rings is 1. The monoisotopic (exact) mass is 489 g/mol. The largest absolute Gasteiger partial charge is 0.451 e. The average molecular weight is 490 g/mol. The first kappa shape index (κ1) is 23.6. The van der Waals surface area contributed by atoms with Crippen LogP contribution in [0.3, 0.4) is 0 Å². The molecule has 0 spiro atoms. The molecule has 0 saturated carbocycles. The Morgan fingerprint density at radius 3 is 2.03 bits per heavy atom. The normalized spacial score (nSPS) is 10.6. The highest BCUT2D eigenvalue weighted by atomic mass is 16.3. The molecular weight excluding hydrogens is 466 g/mol. The van der Waals surface area contributed by atoms with Crippen LogP contribution in [0.4, 0.5) is 17.1 Å². The Morgan fingerprint density at radius 1 is 0.595 bits per heavy atom. The summed E-state index contributed by atoms with van der Waals surface area (Å²) in [5.74, 6) is -0.546. The van der Waals surface area contributed by atoms with Crippen molar-refractivity contribution < 1.29 is 18.8 Å². The van der Waals surface area contributed by atoms with Gasteiger partial charge in [0.15, 0.2) is 5.76 Å². The second-order valence-corrected chi connectivity index (χ2v) is 8.43. The molecule has 4 aromatic carbocycles. The minimum Gasteiger partial charge on any atom is -0.451 e. The molecule has 0 aliphatic heterocycles. The molecule has 0 saturated heterocycles. The van der Waals surface area contributed by atoms with Crippen molar-refractivity contribution in [2.75, 3.05) is 16.0 Å². The van der Waals surface area contributed by atoms with E-state index in [2.05, 4.69) is 16.0 Å². The molecule has 182 valence electrons. The maximum absolute atomic E-state index is 12.6. The summed E-state index contributed by atoms with van der Waals surface area (Å²) in [6, 6.07) is 32.1. The Morgan fingerprint density at radius 2 is 1.27 bits per heavy atom. The van der Waals surface area contributed by atoms with Crippen LogP contribution in [-0.4, -0.2) is 17.7 Å². The molecule has 1 aromatic heterocycles. The number of rotatable bonds is 7. The average Bonchev–Trinajstić information content (AvgIpc) is 3.35. The fraction of sp³-hybridized carbons (Fsp3) is 0.0333. The maximum atomic E-state index is 12.6. The summed E-state index contributed by atoms with van der Waals surface area (Å²) in [5, 5.41) is 9.35. The van der Waals surface area contributed by atoms with Gasteiger partial charge in [0.25, 0.3) is 11.8 Å². The summed E-state index contributed by atoms with van der Waals surface area (Å²) in [6.45, 7) is 0. The molecule has 5 rings (SSSR count). The Labute approximate surface area is 213 Å². The first-order valence-corrected chi connectivity index (χ1v) is 11.7. The quantitative estimate of drug-likeness (QED) is 0.256. The maximum Gasteiger partial charge on any atom is 0.291 e. The van der Waals surface area contributed by atoms with E-state index < -0.39 is 0 Å². The number of carbonyl (C=O) groups is 3. The van der Waals surface area contributed by atoms with Crippen LogP contribution in [0.1, 0.15) is 26.5 Å². The molecule has 5 aromatic rings. The highest BCUT2D eigenvalue weighted by Gasteiger charge is 2.13. The molecule has 1 heterocycles. The van der Waals surface area contributed by atoms with Crippen molar-refractivity contribution in [1.82, 2.24) is 0 Å². The van der Waals surface area contributed by atoms with E-state index in [9.17, 15) is 14.4 Å². The lowest BCUT2D eigenvalue weighted by Crippen LogP contribution is -2.15. The lowest BCUT2D eigenvalue weighted by atomic mass is 10.1. The van der Waals surface area contributed by atoms with Crippen molar-refractivity contribution in [3.63, 3.8) is 0 Å². The number of amides is 3. The molecule has 37 heavy (non-hydrogen) atoms. The number of anilines is 3. The minimum atomic E-state index is -0.346. The number of fused-ring (bicyclic) bond motifs is 1. The van der Waals surface area contributed by atoms with Crippen molar-refractivity contribution >= 4 is 45.8 Å². The summed E-state index contributed by atoms with van der Waals surface area (Å²) >= 11 is 0. The summed E-state index contributed by atoms with van der Waals surface area (Å²) in [5.41, 5.74) is 3.73. The van der Waals surface area contributed by atoms with Gasteiger partial charge in [-0.1, -0.05) is 54.6 Å². The van der Waals surface area contributed by atoms with Gasteiger partial charge >= 0.3 is 0 Å². The van der Waals surface area contributed by atoms with E-state index in [-0.39, 0.29) is 29.9 Å². The van der Waals surface area contributed by atoms with Crippen molar-refractivity contribution in [3.8, 4) is 0 Å². The Balaban J connectivity index is 1.16. The highest BCUT2D eigenvalue weighted by Crippen LogP contribution is 2.21. The first-order valence-electron chi connectivity index (χ1n) is 11.7. The second kappa shape index (κ2) is 10.6.